The van der Waals surface area contributed by atoms with Gasteiger partial charge in [0.05, 0.1) is 11.1 Å². The molecule has 2 rings (SSSR count). The largest absolute Gasteiger partial charge is 0.307 e. The second kappa shape index (κ2) is 6.82. The van der Waals surface area contributed by atoms with Gasteiger partial charge in [0, 0.05) is 29.8 Å². The molecule has 1 heterocycles. The van der Waals surface area contributed by atoms with Crippen molar-refractivity contribution < 1.29 is 9.72 Å². The molecule has 128 valence electrons. The van der Waals surface area contributed by atoms with E-state index in [0.717, 1.165) is 6.42 Å². The van der Waals surface area contributed by atoms with Gasteiger partial charge in [0.1, 0.15) is 5.82 Å². The van der Waals surface area contributed by atoms with Crippen LogP contribution in [0.25, 0.3) is 0 Å². The zero-order valence-corrected chi connectivity index (χ0v) is 14.4. The van der Waals surface area contributed by atoms with Gasteiger partial charge >= 0.3 is 0 Å². The van der Waals surface area contributed by atoms with Gasteiger partial charge in [-0.25, -0.2) is 4.68 Å². The van der Waals surface area contributed by atoms with E-state index in [2.05, 4.69) is 10.4 Å². The third kappa shape index (κ3) is 3.79. The summed E-state index contributed by atoms with van der Waals surface area (Å²) in [6.07, 6.45) is 2.49. The first kappa shape index (κ1) is 17.7. The second-order valence-electron chi connectivity index (χ2n) is 6.63. The number of nitrogens with one attached hydrogen (secondary N) is 1. The molecular weight excluding hydrogens is 308 g/mol. The summed E-state index contributed by atoms with van der Waals surface area (Å²) < 4.78 is 1.69. The van der Waals surface area contributed by atoms with Crippen molar-refractivity contribution in [2.24, 2.45) is 0 Å². The maximum atomic E-state index is 12.4. The van der Waals surface area contributed by atoms with Gasteiger partial charge < -0.3 is 5.32 Å². The SMILES string of the molecule is CCCn1nccc1NC(=O)c1ccc(C(C)(C)C)c([N+](=O)[O-])c1. The Labute approximate surface area is 140 Å². The zero-order valence-electron chi connectivity index (χ0n) is 14.4. The summed E-state index contributed by atoms with van der Waals surface area (Å²) >= 11 is 0. The molecule has 0 saturated heterocycles. The van der Waals surface area contributed by atoms with Crippen LogP contribution in [0.4, 0.5) is 11.5 Å². The lowest BCUT2D eigenvalue weighted by Gasteiger charge is -2.19. The lowest BCUT2D eigenvalue weighted by Crippen LogP contribution is -2.18. The lowest BCUT2D eigenvalue weighted by atomic mass is 9.85. The summed E-state index contributed by atoms with van der Waals surface area (Å²) in [4.78, 5) is 23.3. The molecule has 0 aliphatic rings. The highest BCUT2D eigenvalue weighted by atomic mass is 16.6. The molecule has 0 radical (unpaired) electrons. The van der Waals surface area contributed by atoms with Crippen LogP contribution in [0.1, 0.15) is 50.0 Å². The summed E-state index contributed by atoms with van der Waals surface area (Å²) in [6.45, 7) is 8.41. The first-order valence-electron chi connectivity index (χ1n) is 7.86. The predicted molar refractivity (Wildman–Crippen MR) is 92.3 cm³/mol. The molecule has 0 bridgehead atoms. The van der Waals surface area contributed by atoms with E-state index in [0.29, 0.717) is 17.9 Å². The Hall–Kier alpha value is -2.70. The molecule has 0 aliphatic carbocycles. The zero-order chi connectivity index (χ0) is 17.9. The maximum absolute atomic E-state index is 12.4. The van der Waals surface area contributed by atoms with Crippen molar-refractivity contribution >= 4 is 17.4 Å². The van der Waals surface area contributed by atoms with E-state index in [9.17, 15) is 14.9 Å². The van der Waals surface area contributed by atoms with Gasteiger partial charge in [0.2, 0.25) is 0 Å². The number of nitro benzene ring substituents is 1. The van der Waals surface area contributed by atoms with Gasteiger partial charge in [0.25, 0.3) is 11.6 Å². The van der Waals surface area contributed by atoms with Crippen molar-refractivity contribution in [2.45, 2.75) is 46.1 Å². The molecule has 1 amide bonds. The molecule has 2 aromatic rings. The van der Waals surface area contributed by atoms with Crippen LogP contribution in [0.15, 0.2) is 30.5 Å². The van der Waals surface area contributed by atoms with Crippen molar-refractivity contribution in [3.8, 4) is 0 Å². The Bertz CT molecular complexity index is 759. The number of nitro groups is 1. The van der Waals surface area contributed by atoms with Crippen LogP contribution < -0.4 is 5.32 Å². The molecular formula is C17H22N4O3. The van der Waals surface area contributed by atoms with Gasteiger partial charge in [-0.1, -0.05) is 33.8 Å². The molecule has 0 unspecified atom stereocenters. The minimum Gasteiger partial charge on any atom is -0.307 e. The number of aromatic nitrogens is 2. The number of benzene rings is 1. The highest BCUT2D eigenvalue weighted by molar-refractivity contribution is 6.04. The summed E-state index contributed by atoms with van der Waals surface area (Å²) in [5, 5.41) is 18.3. The fourth-order valence-electron chi connectivity index (χ4n) is 2.48. The molecule has 0 spiro atoms. The monoisotopic (exact) mass is 330 g/mol. The van der Waals surface area contributed by atoms with Crippen molar-refractivity contribution in [3.05, 3.63) is 51.7 Å². The Morgan fingerprint density at radius 2 is 2.04 bits per heavy atom. The highest BCUT2D eigenvalue weighted by Gasteiger charge is 2.26. The number of carbonyl (C=O) groups is 1. The lowest BCUT2D eigenvalue weighted by molar-refractivity contribution is -0.386. The van der Waals surface area contributed by atoms with Crippen molar-refractivity contribution in [1.29, 1.82) is 0 Å². The Morgan fingerprint density at radius 3 is 2.62 bits per heavy atom. The number of rotatable bonds is 5. The number of hydrogen-bond acceptors (Lipinski definition) is 4. The summed E-state index contributed by atoms with van der Waals surface area (Å²) in [7, 11) is 0. The smallest absolute Gasteiger partial charge is 0.273 e. The molecule has 0 atom stereocenters. The van der Waals surface area contributed by atoms with Crippen LogP contribution in [0.2, 0.25) is 0 Å². The highest BCUT2D eigenvalue weighted by Crippen LogP contribution is 2.32. The molecule has 7 heteroatoms. The number of carbonyl (C=O) groups excluding carboxylic acids is 1. The average molecular weight is 330 g/mol. The molecule has 1 aromatic heterocycles. The topological polar surface area (TPSA) is 90.1 Å². The Kier molecular flexibility index (Phi) is 5.02. The third-order valence-electron chi connectivity index (χ3n) is 3.66. The molecule has 0 saturated carbocycles. The minimum absolute atomic E-state index is 0.0442. The van der Waals surface area contributed by atoms with E-state index >= 15 is 0 Å². The number of nitrogens with zero attached hydrogens (tertiary/aromatic N) is 3. The molecule has 1 N–H and O–H groups in total. The third-order valence-corrected chi connectivity index (χ3v) is 3.66. The molecule has 24 heavy (non-hydrogen) atoms. The summed E-state index contributed by atoms with van der Waals surface area (Å²) in [5.74, 6) is 0.181. The fourth-order valence-corrected chi connectivity index (χ4v) is 2.48. The van der Waals surface area contributed by atoms with E-state index in [1.165, 1.54) is 6.07 Å². The van der Waals surface area contributed by atoms with Crippen molar-refractivity contribution in [2.75, 3.05) is 5.32 Å². The van der Waals surface area contributed by atoms with Crippen LogP contribution in [0, 0.1) is 10.1 Å². The van der Waals surface area contributed by atoms with Crippen LogP contribution in [0.5, 0.6) is 0 Å². The first-order valence-corrected chi connectivity index (χ1v) is 7.86. The predicted octanol–water partition coefficient (Wildman–Crippen LogP) is 3.75. The molecule has 0 fully saturated rings. The van der Waals surface area contributed by atoms with Crippen LogP contribution in [0.3, 0.4) is 0 Å². The number of anilines is 1. The normalized spacial score (nSPS) is 11.3. The fraction of sp³-hybridized carbons (Fsp3) is 0.412. The quantitative estimate of drug-likeness (QED) is 0.667. The van der Waals surface area contributed by atoms with E-state index in [1.807, 2.05) is 27.7 Å². The van der Waals surface area contributed by atoms with Crippen molar-refractivity contribution in [1.82, 2.24) is 9.78 Å². The van der Waals surface area contributed by atoms with Gasteiger partial charge in [-0.05, 0) is 17.9 Å². The number of hydrogen-bond donors (Lipinski definition) is 1. The second-order valence-corrected chi connectivity index (χ2v) is 6.63. The van der Waals surface area contributed by atoms with Crippen molar-refractivity contribution in [3.63, 3.8) is 0 Å². The minimum atomic E-state index is -0.446. The maximum Gasteiger partial charge on any atom is 0.273 e. The van der Waals surface area contributed by atoms with Gasteiger partial charge in [0.15, 0.2) is 0 Å². The number of aryl methyl sites for hydroxylation is 1. The standard InChI is InChI=1S/C17H22N4O3/c1-5-10-20-15(8-9-18-20)19-16(22)12-6-7-13(17(2,3)4)14(11-12)21(23)24/h6-9,11H,5,10H2,1-4H3,(H,19,22). The first-order chi connectivity index (χ1) is 11.2. The summed E-state index contributed by atoms with van der Waals surface area (Å²) in [5.41, 5.74) is 0.424. The van der Waals surface area contributed by atoms with E-state index < -0.39 is 10.8 Å². The average Bonchev–Trinajstić information content (AvgIpc) is 2.93. The van der Waals surface area contributed by atoms with Gasteiger partial charge in [-0.3, -0.25) is 14.9 Å². The van der Waals surface area contributed by atoms with E-state index in [-0.39, 0.29) is 16.7 Å². The van der Waals surface area contributed by atoms with E-state index in [4.69, 9.17) is 0 Å². The van der Waals surface area contributed by atoms with Gasteiger partial charge in [-0.2, -0.15) is 5.10 Å². The molecule has 0 aliphatic heterocycles. The summed E-state index contributed by atoms with van der Waals surface area (Å²) in [6, 6.07) is 6.29. The van der Waals surface area contributed by atoms with Crippen LogP contribution >= 0.6 is 0 Å². The van der Waals surface area contributed by atoms with Crippen LogP contribution in [-0.2, 0) is 12.0 Å². The van der Waals surface area contributed by atoms with Crippen LogP contribution in [-0.4, -0.2) is 20.6 Å². The molecule has 7 nitrogen and oxygen atoms in total. The number of amides is 1. The molecule has 1 aromatic carbocycles. The Balaban J connectivity index is 2.31. The Morgan fingerprint density at radius 1 is 1.33 bits per heavy atom. The van der Waals surface area contributed by atoms with Gasteiger partial charge in [-0.15, -0.1) is 0 Å². The van der Waals surface area contributed by atoms with E-state index in [1.54, 1.807) is 29.1 Å².